The van der Waals surface area contributed by atoms with Gasteiger partial charge >= 0.3 is 0 Å². The molecule has 0 spiro atoms. The Bertz CT molecular complexity index is 669. The molecule has 0 radical (unpaired) electrons. The molecule has 1 unspecified atom stereocenters. The number of hydrogen-bond acceptors (Lipinski definition) is 4. The lowest BCUT2D eigenvalue weighted by Crippen LogP contribution is -2.47. The van der Waals surface area contributed by atoms with E-state index in [2.05, 4.69) is 44.0 Å². The van der Waals surface area contributed by atoms with Gasteiger partial charge < -0.3 is 10.2 Å². The summed E-state index contributed by atoms with van der Waals surface area (Å²) >= 11 is 2.07. The maximum Gasteiger partial charge on any atom is 0.193 e. The van der Waals surface area contributed by atoms with E-state index in [-0.39, 0.29) is 0 Å². The Labute approximate surface area is 147 Å². The average molecular weight is 344 g/mol. The first-order valence-electron chi connectivity index (χ1n) is 8.32. The maximum atomic E-state index is 4.46. The van der Waals surface area contributed by atoms with Crippen molar-refractivity contribution < 1.29 is 0 Å². The largest absolute Gasteiger partial charge is 0.352 e. The van der Waals surface area contributed by atoms with Crippen LogP contribution in [0.3, 0.4) is 0 Å². The number of nitrogens with one attached hydrogen (secondary N) is 1. The summed E-state index contributed by atoms with van der Waals surface area (Å²) < 4.78 is 1.77. The molecule has 1 aliphatic heterocycles. The fourth-order valence-electron chi connectivity index (χ4n) is 2.77. The Kier molecular flexibility index (Phi) is 5.74. The van der Waals surface area contributed by atoms with Crippen molar-refractivity contribution in [3.63, 3.8) is 0 Å². The van der Waals surface area contributed by atoms with Gasteiger partial charge in [0.2, 0.25) is 0 Å². The molecule has 2 aromatic heterocycles. The fraction of sp³-hybridized carbons (Fsp3) is 0.471. The van der Waals surface area contributed by atoms with Crippen LogP contribution in [0.15, 0.2) is 41.8 Å². The Morgan fingerprint density at radius 3 is 3.12 bits per heavy atom. The minimum absolute atomic E-state index is 0.699. The van der Waals surface area contributed by atoms with Gasteiger partial charge in [-0.3, -0.25) is 4.99 Å². The molecule has 0 aromatic carbocycles. The molecule has 1 atom stereocenters. The molecular formula is C17H24N6S. The second kappa shape index (κ2) is 8.19. The molecule has 1 fully saturated rings. The van der Waals surface area contributed by atoms with Crippen LogP contribution in [0.25, 0.3) is 5.82 Å². The van der Waals surface area contributed by atoms with E-state index in [4.69, 9.17) is 0 Å². The lowest BCUT2D eigenvalue weighted by atomic mass is 10.2. The topological polar surface area (TPSA) is 58.3 Å². The third-order valence-electron chi connectivity index (χ3n) is 4.11. The third kappa shape index (κ3) is 4.08. The van der Waals surface area contributed by atoms with Crippen molar-refractivity contribution in [2.45, 2.75) is 25.1 Å². The fourth-order valence-corrected chi connectivity index (χ4v) is 3.95. The number of rotatable bonds is 4. The molecule has 1 aliphatic rings. The predicted molar refractivity (Wildman–Crippen MR) is 99.7 cm³/mol. The predicted octanol–water partition coefficient (Wildman–Crippen LogP) is 2.17. The van der Waals surface area contributed by atoms with Gasteiger partial charge in [-0.1, -0.05) is 6.92 Å². The van der Waals surface area contributed by atoms with Gasteiger partial charge in [-0.15, -0.1) is 0 Å². The highest BCUT2D eigenvalue weighted by molar-refractivity contribution is 8.00. The molecule has 7 heteroatoms. The standard InChI is InChI=1S/C17H24N6S/c1-3-15-13-22(9-10-24-15)17(18-2)20-12-14-5-7-19-16(11-14)23-8-4-6-21-23/h4-8,11,15H,3,9-10,12-13H2,1-2H3,(H,18,20). The van der Waals surface area contributed by atoms with E-state index in [0.29, 0.717) is 5.25 Å². The highest BCUT2D eigenvalue weighted by Crippen LogP contribution is 2.21. The van der Waals surface area contributed by atoms with E-state index >= 15 is 0 Å². The van der Waals surface area contributed by atoms with Crippen molar-refractivity contribution in [3.8, 4) is 5.82 Å². The Morgan fingerprint density at radius 1 is 1.46 bits per heavy atom. The molecule has 0 bridgehead atoms. The molecule has 2 aromatic rings. The summed E-state index contributed by atoms with van der Waals surface area (Å²) in [6.07, 6.45) is 6.68. The third-order valence-corrected chi connectivity index (χ3v) is 5.48. The molecule has 6 nitrogen and oxygen atoms in total. The van der Waals surface area contributed by atoms with Crippen LogP contribution in [0.1, 0.15) is 18.9 Å². The summed E-state index contributed by atoms with van der Waals surface area (Å²) in [5.74, 6) is 2.97. The van der Waals surface area contributed by atoms with Crippen LogP contribution in [-0.4, -0.2) is 56.8 Å². The molecule has 3 heterocycles. The normalized spacial score (nSPS) is 18.7. The van der Waals surface area contributed by atoms with Crippen molar-refractivity contribution in [3.05, 3.63) is 42.4 Å². The van der Waals surface area contributed by atoms with Crippen molar-refractivity contribution >= 4 is 17.7 Å². The molecule has 3 rings (SSSR count). The minimum atomic E-state index is 0.699. The maximum absolute atomic E-state index is 4.46. The van der Waals surface area contributed by atoms with Gasteiger partial charge in [-0.05, 0) is 30.2 Å². The van der Waals surface area contributed by atoms with Crippen LogP contribution in [0.4, 0.5) is 0 Å². The summed E-state index contributed by atoms with van der Waals surface area (Å²) in [7, 11) is 1.85. The summed E-state index contributed by atoms with van der Waals surface area (Å²) in [5, 5.41) is 8.41. The van der Waals surface area contributed by atoms with Crippen LogP contribution < -0.4 is 5.32 Å². The number of nitrogens with zero attached hydrogens (tertiary/aromatic N) is 5. The molecule has 24 heavy (non-hydrogen) atoms. The van der Waals surface area contributed by atoms with Crippen LogP contribution in [0.2, 0.25) is 0 Å². The SMILES string of the molecule is CCC1CN(C(=NC)NCc2ccnc(-n3cccn3)c2)CCS1. The van der Waals surface area contributed by atoms with Crippen LogP contribution in [0.5, 0.6) is 0 Å². The molecule has 0 aliphatic carbocycles. The van der Waals surface area contributed by atoms with Crippen LogP contribution in [-0.2, 0) is 6.54 Å². The van der Waals surface area contributed by atoms with E-state index in [1.807, 2.05) is 37.6 Å². The van der Waals surface area contributed by atoms with Gasteiger partial charge in [0.15, 0.2) is 11.8 Å². The van der Waals surface area contributed by atoms with Crippen molar-refractivity contribution in [2.75, 3.05) is 25.9 Å². The van der Waals surface area contributed by atoms with Gasteiger partial charge in [0.05, 0.1) is 0 Å². The Morgan fingerprint density at radius 2 is 2.38 bits per heavy atom. The number of guanidine groups is 1. The first-order valence-corrected chi connectivity index (χ1v) is 9.37. The first-order chi connectivity index (χ1) is 11.8. The van der Waals surface area contributed by atoms with Crippen molar-refractivity contribution in [1.82, 2.24) is 25.0 Å². The van der Waals surface area contributed by atoms with Gasteiger partial charge in [0.25, 0.3) is 0 Å². The van der Waals surface area contributed by atoms with Crippen molar-refractivity contribution in [1.29, 1.82) is 0 Å². The van der Waals surface area contributed by atoms with Crippen molar-refractivity contribution in [2.24, 2.45) is 4.99 Å². The van der Waals surface area contributed by atoms with E-state index < -0.39 is 0 Å². The van der Waals surface area contributed by atoms with E-state index in [1.54, 1.807) is 10.9 Å². The molecule has 128 valence electrons. The molecule has 0 amide bonds. The van der Waals surface area contributed by atoms with Gasteiger partial charge in [-0.2, -0.15) is 16.9 Å². The molecular weight excluding hydrogens is 320 g/mol. The van der Waals surface area contributed by atoms with E-state index in [9.17, 15) is 0 Å². The highest BCUT2D eigenvalue weighted by Gasteiger charge is 2.21. The summed E-state index contributed by atoms with van der Waals surface area (Å²) in [5.41, 5.74) is 1.16. The number of thioether (sulfide) groups is 1. The zero-order chi connectivity index (χ0) is 16.8. The second-order valence-electron chi connectivity index (χ2n) is 5.72. The van der Waals surface area contributed by atoms with E-state index in [0.717, 1.165) is 42.7 Å². The monoisotopic (exact) mass is 344 g/mol. The van der Waals surface area contributed by atoms with Crippen LogP contribution >= 0.6 is 11.8 Å². The smallest absolute Gasteiger partial charge is 0.193 e. The molecule has 1 N–H and O–H groups in total. The van der Waals surface area contributed by atoms with Gasteiger partial charge in [-0.25, -0.2) is 9.67 Å². The number of hydrogen-bond donors (Lipinski definition) is 1. The van der Waals surface area contributed by atoms with Crippen LogP contribution in [0, 0.1) is 0 Å². The first kappa shape index (κ1) is 16.8. The number of aliphatic imine (C=N–C) groups is 1. The Hall–Kier alpha value is -2.02. The van der Waals surface area contributed by atoms with Gasteiger partial charge in [0.1, 0.15) is 0 Å². The summed E-state index contributed by atoms with van der Waals surface area (Å²) in [6, 6.07) is 5.97. The summed E-state index contributed by atoms with van der Waals surface area (Å²) in [4.78, 5) is 11.2. The molecule has 1 saturated heterocycles. The minimum Gasteiger partial charge on any atom is -0.352 e. The van der Waals surface area contributed by atoms with Gasteiger partial charge in [0, 0.05) is 56.3 Å². The second-order valence-corrected chi connectivity index (χ2v) is 7.13. The highest BCUT2D eigenvalue weighted by atomic mass is 32.2. The molecule has 0 saturated carbocycles. The Balaban J connectivity index is 1.63. The number of aromatic nitrogens is 3. The summed E-state index contributed by atoms with van der Waals surface area (Å²) in [6.45, 7) is 5.10. The zero-order valence-electron chi connectivity index (χ0n) is 14.2. The zero-order valence-corrected chi connectivity index (χ0v) is 15.0. The number of pyridine rings is 1. The lowest BCUT2D eigenvalue weighted by molar-refractivity contribution is 0.408. The average Bonchev–Trinajstić information content (AvgIpc) is 3.17. The van der Waals surface area contributed by atoms with E-state index in [1.165, 1.54) is 6.42 Å². The lowest BCUT2D eigenvalue weighted by Gasteiger charge is -2.34. The quantitative estimate of drug-likeness (QED) is 0.680.